The van der Waals surface area contributed by atoms with Gasteiger partial charge >= 0.3 is 0 Å². The molecule has 2 rings (SSSR count). The fourth-order valence-corrected chi connectivity index (χ4v) is 2.46. The minimum Gasteiger partial charge on any atom is -0.494 e. The first-order valence-corrected chi connectivity index (χ1v) is 7.93. The van der Waals surface area contributed by atoms with Gasteiger partial charge in [0.1, 0.15) is 0 Å². The van der Waals surface area contributed by atoms with E-state index in [9.17, 15) is 9.18 Å². The Morgan fingerprint density at radius 2 is 1.92 bits per heavy atom. The molecule has 24 heavy (non-hydrogen) atoms. The van der Waals surface area contributed by atoms with Crippen molar-refractivity contribution >= 4 is 11.6 Å². The number of ether oxygens (including phenoxy) is 1. The number of benzene rings is 2. The minimum absolute atomic E-state index is 0.0454. The summed E-state index contributed by atoms with van der Waals surface area (Å²) in [6.07, 6.45) is 0.851. The molecule has 0 bridgehead atoms. The lowest BCUT2D eigenvalue weighted by atomic mass is 10.1. The van der Waals surface area contributed by atoms with Crippen LogP contribution in [0.4, 0.5) is 10.1 Å². The lowest BCUT2D eigenvalue weighted by Crippen LogP contribution is -2.21. The lowest BCUT2D eigenvalue weighted by molar-refractivity contribution is -0.114. The Labute approximate surface area is 142 Å². The van der Waals surface area contributed by atoms with Crippen molar-refractivity contribution in [3.63, 3.8) is 0 Å². The van der Waals surface area contributed by atoms with Gasteiger partial charge in [-0.3, -0.25) is 4.79 Å². The highest BCUT2D eigenvalue weighted by Crippen LogP contribution is 2.21. The largest absolute Gasteiger partial charge is 0.494 e. The molecule has 2 N–H and O–H groups in total. The summed E-state index contributed by atoms with van der Waals surface area (Å²) in [5.74, 6) is -0.174. The molecule has 0 fully saturated rings. The molecule has 0 aliphatic heterocycles. The van der Waals surface area contributed by atoms with Crippen molar-refractivity contribution in [1.82, 2.24) is 5.32 Å². The lowest BCUT2D eigenvalue weighted by Gasteiger charge is -2.15. The average molecular weight is 330 g/mol. The van der Waals surface area contributed by atoms with Gasteiger partial charge in [-0.15, -0.1) is 0 Å². The quantitative estimate of drug-likeness (QED) is 0.814. The topological polar surface area (TPSA) is 50.4 Å². The highest BCUT2D eigenvalue weighted by atomic mass is 19.1. The third kappa shape index (κ3) is 5.06. The van der Waals surface area contributed by atoms with E-state index in [-0.39, 0.29) is 23.5 Å². The third-order valence-electron chi connectivity index (χ3n) is 3.81. The molecular formula is C19H23FN2O2. The van der Waals surface area contributed by atoms with Crippen molar-refractivity contribution in [3.05, 3.63) is 59.4 Å². The number of hydrogen-bond acceptors (Lipinski definition) is 3. The van der Waals surface area contributed by atoms with Crippen molar-refractivity contribution in [2.24, 2.45) is 0 Å². The number of amides is 1. The van der Waals surface area contributed by atoms with Crippen LogP contribution in [0.1, 0.15) is 31.0 Å². The SMILES string of the molecule is COc1ccc(C(C)NCCc2ccc(NC(C)=O)cc2)cc1F. The normalized spacial score (nSPS) is 11.8. The maximum atomic E-state index is 13.7. The van der Waals surface area contributed by atoms with Gasteiger partial charge in [0.2, 0.25) is 5.91 Å². The standard InChI is InChI=1S/C19H23FN2O2/c1-13(16-6-9-19(24-3)18(20)12-16)21-11-10-15-4-7-17(8-5-15)22-14(2)23/h4-9,12-13,21H,10-11H2,1-3H3,(H,22,23). The van der Waals surface area contributed by atoms with Crippen molar-refractivity contribution in [2.45, 2.75) is 26.3 Å². The summed E-state index contributed by atoms with van der Waals surface area (Å²) in [5, 5.41) is 6.12. The van der Waals surface area contributed by atoms with Crippen molar-refractivity contribution in [2.75, 3.05) is 19.0 Å². The molecule has 128 valence electrons. The van der Waals surface area contributed by atoms with Crippen LogP contribution < -0.4 is 15.4 Å². The second-order valence-electron chi connectivity index (χ2n) is 5.70. The van der Waals surface area contributed by atoms with Crippen LogP contribution in [-0.4, -0.2) is 19.6 Å². The summed E-state index contributed by atoms with van der Waals surface area (Å²) in [6.45, 7) is 4.26. The number of hydrogen-bond donors (Lipinski definition) is 2. The van der Waals surface area contributed by atoms with Gasteiger partial charge in [0.25, 0.3) is 0 Å². The van der Waals surface area contributed by atoms with Crippen LogP contribution in [0.25, 0.3) is 0 Å². The first-order chi connectivity index (χ1) is 11.5. The van der Waals surface area contributed by atoms with E-state index in [1.54, 1.807) is 6.07 Å². The first kappa shape index (κ1) is 17.9. The van der Waals surface area contributed by atoms with Crippen LogP contribution in [0.15, 0.2) is 42.5 Å². The van der Waals surface area contributed by atoms with Gasteiger partial charge in [-0.1, -0.05) is 18.2 Å². The van der Waals surface area contributed by atoms with Crippen molar-refractivity contribution in [1.29, 1.82) is 0 Å². The molecule has 2 aromatic carbocycles. The molecule has 0 saturated heterocycles. The molecule has 1 unspecified atom stereocenters. The summed E-state index contributed by atoms with van der Waals surface area (Å²) in [4.78, 5) is 11.0. The van der Waals surface area contributed by atoms with Gasteiger partial charge in [-0.25, -0.2) is 4.39 Å². The summed E-state index contributed by atoms with van der Waals surface area (Å²) < 4.78 is 18.7. The molecule has 5 heteroatoms. The molecule has 1 amide bonds. The number of methoxy groups -OCH3 is 1. The number of anilines is 1. The van der Waals surface area contributed by atoms with E-state index >= 15 is 0 Å². The van der Waals surface area contributed by atoms with E-state index in [0.717, 1.165) is 24.2 Å². The number of halogens is 1. The van der Waals surface area contributed by atoms with Gasteiger partial charge in [0.15, 0.2) is 11.6 Å². The molecule has 0 aliphatic carbocycles. The Kier molecular flexibility index (Phi) is 6.32. The Morgan fingerprint density at radius 1 is 1.21 bits per heavy atom. The van der Waals surface area contributed by atoms with Crippen molar-refractivity contribution in [3.8, 4) is 5.75 Å². The number of carbonyl (C=O) groups excluding carboxylic acids is 1. The van der Waals surface area contributed by atoms with Gasteiger partial charge in [0, 0.05) is 18.7 Å². The van der Waals surface area contributed by atoms with E-state index < -0.39 is 0 Å². The molecular weight excluding hydrogens is 307 g/mol. The Hall–Kier alpha value is -2.40. The molecule has 0 spiro atoms. The maximum absolute atomic E-state index is 13.7. The summed E-state index contributed by atoms with van der Waals surface area (Å²) >= 11 is 0. The maximum Gasteiger partial charge on any atom is 0.221 e. The molecule has 0 aliphatic rings. The summed E-state index contributed by atoms with van der Waals surface area (Å²) in [6, 6.07) is 12.8. The van der Waals surface area contributed by atoms with Crippen LogP contribution in [0.2, 0.25) is 0 Å². The minimum atomic E-state index is -0.350. The molecule has 0 heterocycles. The molecule has 0 saturated carbocycles. The molecule has 4 nitrogen and oxygen atoms in total. The van der Waals surface area contributed by atoms with E-state index in [4.69, 9.17) is 4.74 Å². The van der Waals surface area contributed by atoms with E-state index in [1.165, 1.54) is 25.7 Å². The Balaban J connectivity index is 1.85. The number of nitrogens with one attached hydrogen (secondary N) is 2. The molecule has 0 aromatic heterocycles. The van der Waals surface area contributed by atoms with E-state index in [2.05, 4.69) is 10.6 Å². The average Bonchev–Trinajstić information content (AvgIpc) is 2.55. The third-order valence-corrected chi connectivity index (χ3v) is 3.81. The molecule has 0 radical (unpaired) electrons. The van der Waals surface area contributed by atoms with Crippen LogP contribution >= 0.6 is 0 Å². The molecule has 2 aromatic rings. The van der Waals surface area contributed by atoms with Gasteiger partial charge in [-0.05, 0) is 55.3 Å². The van der Waals surface area contributed by atoms with Gasteiger partial charge in [0.05, 0.1) is 7.11 Å². The zero-order valence-corrected chi connectivity index (χ0v) is 14.2. The zero-order chi connectivity index (χ0) is 17.5. The zero-order valence-electron chi connectivity index (χ0n) is 14.2. The fourth-order valence-electron chi connectivity index (χ4n) is 2.46. The number of rotatable bonds is 7. The van der Waals surface area contributed by atoms with Crippen LogP contribution in [0.5, 0.6) is 5.75 Å². The predicted octanol–water partition coefficient (Wildman–Crippen LogP) is 3.69. The van der Waals surface area contributed by atoms with Crippen LogP contribution in [0.3, 0.4) is 0 Å². The number of carbonyl (C=O) groups is 1. The summed E-state index contributed by atoms with van der Waals surface area (Å²) in [7, 11) is 1.46. The Morgan fingerprint density at radius 3 is 2.50 bits per heavy atom. The first-order valence-electron chi connectivity index (χ1n) is 7.93. The highest BCUT2D eigenvalue weighted by Gasteiger charge is 2.09. The molecule has 1 atom stereocenters. The second kappa shape index (κ2) is 8.45. The van der Waals surface area contributed by atoms with Crippen molar-refractivity contribution < 1.29 is 13.9 Å². The highest BCUT2D eigenvalue weighted by molar-refractivity contribution is 5.88. The second-order valence-corrected chi connectivity index (χ2v) is 5.70. The summed E-state index contributed by atoms with van der Waals surface area (Å²) in [5.41, 5.74) is 2.85. The monoisotopic (exact) mass is 330 g/mol. The van der Waals surface area contributed by atoms with Crippen LogP contribution in [-0.2, 0) is 11.2 Å². The predicted molar refractivity (Wildman–Crippen MR) is 93.8 cm³/mol. The van der Waals surface area contributed by atoms with Crippen LogP contribution in [0, 0.1) is 5.82 Å². The Bertz CT molecular complexity index is 686. The van der Waals surface area contributed by atoms with E-state index in [1.807, 2.05) is 37.3 Å². The fraction of sp³-hybridized carbons (Fsp3) is 0.316. The van der Waals surface area contributed by atoms with E-state index in [0.29, 0.717) is 0 Å². The van der Waals surface area contributed by atoms with Gasteiger partial charge < -0.3 is 15.4 Å². The van der Waals surface area contributed by atoms with Gasteiger partial charge in [-0.2, -0.15) is 0 Å². The smallest absolute Gasteiger partial charge is 0.221 e.